The average Bonchev–Trinajstić information content (AvgIpc) is 2.00. The van der Waals surface area contributed by atoms with E-state index in [1.807, 2.05) is 0 Å². The van der Waals surface area contributed by atoms with Gasteiger partial charge in [-0.25, -0.2) is 8.42 Å². The first-order valence-corrected chi connectivity index (χ1v) is 6.95. The first kappa shape index (κ1) is 13.9. The molecule has 0 fully saturated rings. The third kappa shape index (κ3) is 9.95. The molecule has 0 heterocycles. The zero-order chi connectivity index (χ0) is 11.0. The molecule has 0 aliphatic carbocycles. The largest absolute Gasteiger partial charge is 0.392 e. The van der Waals surface area contributed by atoms with Crippen LogP contribution in [0.2, 0.25) is 0 Å². The van der Waals surface area contributed by atoms with Crippen molar-refractivity contribution in [1.82, 2.24) is 0 Å². The molecular weight excluding hydrogens is 204 g/mol. The lowest BCUT2D eigenvalue weighted by atomic mass is 10.3. The van der Waals surface area contributed by atoms with Crippen LogP contribution in [0.4, 0.5) is 0 Å². The Morgan fingerprint density at radius 2 is 2.00 bits per heavy atom. The second-order valence-corrected chi connectivity index (χ2v) is 5.69. The van der Waals surface area contributed by atoms with E-state index in [2.05, 4.69) is 6.92 Å². The highest BCUT2D eigenvalue weighted by molar-refractivity contribution is 7.90. The van der Waals surface area contributed by atoms with Gasteiger partial charge < -0.3 is 9.84 Å². The van der Waals surface area contributed by atoms with Crippen LogP contribution in [0, 0.1) is 0 Å². The third-order valence-electron chi connectivity index (χ3n) is 1.73. The molecule has 0 rings (SSSR count). The van der Waals surface area contributed by atoms with E-state index < -0.39 is 15.9 Å². The Labute approximate surface area is 86.2 Å². The highest BCUT2D eigenvalue weighted by atomic mass is 32.2. The van der Waals surface area contributed by atoms with Gasteiger partial charge in [0.1, 0.15) is 9.84 Å². The van der Waals surface area contributed by atoms with E-state index in [0.717, 1.165) is 19.1 Å². The van der Waals surface area contributed by atoms with E-state index in [9.17, 15) is 13.5 Å². The van der Waals surface area contributed by atoms with Gasteiger partial charge in [0.2, 0.25) is 0 Å². The Morgan fingerprint density at radius 3 is 2.50 bits per heavy atom. The quantitative estimate of drug-likeness (QED) is 0.613. The summed E-state index contributed by atoms with van der Waals surface area (Å²) in [5, 5.41) is 9.28. The minimum absolute atomic E-state index is 0.176. The molecule has 0 saturated carbocycles. The second-order valence-electron chi connectivity index (χ2n) is 3.50. The average molecular weight is 224 g/mol. The maximum Gasteiger partial charge on any atom is 0.149 e. The van der Waals surface area contributed by atoms with Gasteiger partial charge in [-0.05, 0) is 12.8 Å². The molecule has 0 radical (unpaired) electrons. The van der Waals surface area contributed by atoms with Crippen molar-refractivity contribution in [2.75, 3.05) is 25.2 Å². The highest BCUT2D eigenvalue weighted by Gasteiger charge is 2.11. The molecule has 5 heteroatoms. The molecule has 0 aromatic rings. The minimum atomic E-state index is -3.08. The van der Waals surface area contributed by atoms with Gasteiger partial charge in [-0.15, -0.1) is 0 Å². The van der Waals surface area contributed by atoms with Crippen molar-refractivity contribution in [1.29, 1.82) is 0 Å². The van der Waals surface area contributed by atoms with Crippen LogP contribution >= 0.6 is 0 Å². The van der Waals surface area contributed by atoms with E-state index in [0.29, 0.717) is 19.6 Å². The number of ether oxygens (including phenoxy) is 1. The first-order chi connectivity index (χ1) is 6.45. The van der Waals surface area contributed by atoms with Crippen molar-refractivity contribution >= 4 is 9.84 Å². The van der Waals surface area contributed by atoms with Crippen LogP contribution in [0.5, 0.6) is 0 Å². The molecule has 0 aliphatic rings. The molecule has 0 aliphatic heterocycles. The smallest absolute Gasteiger partial charge is 0.149 e. The number of aliphatic hydroxyl groups is 1. The fourth-order valence-electron chi connectivity index (χ4n) is 1.00. The van der Waals surface area contributed by atoms with Gasteiger partial charge in [0.05, 0.1) is 11.9 Å². The Bertz CT molecular complexity index is 223. The Morgan fingerprint density at radius 1 is 1.36 bits per heavy atom. The van der Waals surface area contributed by atoms with Gasteiger partial charge in [0.15, 0.2) is 0 Å². The number of aliphatic hydroxyl groups excluding tert-OH is 1. The van der Waals surface area contributed by atoms with Crippen molar-refractivity contribution in [3.05, 3.63) is 0 Å². The molecular formula is C9H20O4S. The molecule has 4 nitrogen and oxygen atoms in total. The fraction of sp³-hybridized carbons (Fsp3) is 1.00. The molecule has 1 N–H and O–H groups in total. The lowest BCUT2D eigenvalue weighted by Gasteiger charge is -2.09. The second kappa shape index (κ2) is 7.20. The lowest BCUT2D eigenvalue weighted by molar-refractivity contribution is 0.0888. The van der Waals surface area contributed by atoms with Crippen LogP contribution in [0.25, 0.3) is 0 Å². The summed E-state index contributed by atoms with van der Waals surface area (Å²) in [5.41, 5.74) is 0. The topological polar surface area (TPSA) is 63.6 Å². The van der Waals surface area contributed by atoms with Crippen LogP contribution in [0.15, 0.2) is 0 Å². The summed E-state index contributed by atoms with van der Waals surface area (Å²) in [7, 11) is -3.08. The maximum absolute atomic E-state index is 10.8. The molecule has 0 aromatic heterocycles. The standard InChI is InChI=1S/C9H20O4S/c1-3-4-6-13-7-5-9(10)8-14(2,11)12/h9-10H,3-8H2,1-2H3. The van der Waals surface area contributed by atoms with E-state index in [1.54, 1.807) is 0 Å². The Balaban J connectivity index is 3.41. The molecule has 1 atom stereocenters. The van der Waals surface area contributed by atoms with Crippen molar-refractivity contribution in [2.45, 2.75) is 32.3 Å². The number of hydrogen-bond acceptors (Lipinski definition) is 4. The summed E-state index contributed by atoms with van der Waals surface area (Å²) in [6.07, 6.45) is 2.78. The van der Waals surface area contributed by atoms with Gasteiger partial charge in [-0.1, -0.05) is 13.3 Å². The summed E-state index contributed by atoms with van der Waals surface area (Å²) in [6, 6.07) is 0. The normalized spacial score (nSPS) is 14.2. The molecule has 0 aromatic carbocycles. The van der Waals surface area contributed by atoms with E-state index in [1.165, 1.54) is 0 Å². The van der Waals surface area contributed by atoms with Crippen LogP contribution in [0.3, 0.4) is 0 Å². The van der Waals surface area contributed by atoms with Gasteiger partial charge in [-0.2, -0.15) is 0 Å². The maximum atomic E-state index is 10.8. The van der Waals surface area contributed by atoms with Crippen LogP contribution in [-0.4, -0.2) is 44.9 Å². The van der Waals surface area contributed by atoms with Gasteiger partial charge in [0, 0.05) is 19.5 Å². The number of sulfone groups is 1. The molecule has 0 bridgehead atoms. The SMILES string of the molecule is CCCCOCCC(O)CS(C)(=O)=O. The molecule has 1 unspecified atom stereocenters. The molecule has 86 valence electrons. The molecule has 14 heavy (non-hydrogen) atoms. The van der Waals surface area contributed by atoms with Crippen LogP contribution < -0.4 is 0 Å². The fourth-order valence-corrected chi connectivity index (χ4v) is 1.87. The molecule has 0 amide bonds. The monoisotopic (exact) mass is 224 g/mol. The van der Waals surface area contributed by atoms with E-state index >= 15 is 0 Å². The number of hydrogen-bond donors (Lipinski definition) is 1. The lowest BCUT2D eigenvalue weighted by Crippen LogP contribution is -2.21. The van der Waals surface area contributed by atoms with E-state index in [-0.39, 0.29) is 5.75 Å². The summed E-state index contributed by atoms with van der Waals surface area (Å²) in [6.45, 7) is 3.18. The van der Waals surface area contributed by atoms with Gasteiger partial charge in [0.25, 0.3) is 0 Å². The number of rotatable bonds is 8. The Kier molecular flexibility index (Phi) is 7.13. The summed E-state index contributed by atoms with van der Waals surface area (Å²) < 4.78 is 26.8. The Hall–Kier alpha value is -0.130. The predicted octanol–water partition coefficient (Wildman–Crippen LogP) is 0.599. The van der Waals surface area contributed by atoms with E-state index in [4.69, 9.17) is 4.74 Å². The molecule has 0 spiro atoms. The van der Waals surface area contributed by atoms with Crippen molar-refractivity contribution in [2.24, 2.45) is 0 Å². The molecule has 0 saturated heterocycles. The summed E-state index contributed by atoms with van der Waals surface area (Å²) >= 11 is 0. The summed E-state index contributed by atoms with van der Waals surface area (Å²) in [5.74, 6) is -0.176. The van der Waals surface area contributed by atoms with Gasteiger partial charge >= 0.3 is 0 Å². The zero-order valence-electron chi connectivity index (χ0n) is 8.90. The zero-order valence-corrected chi connectivity index (χ0v) is 9.72. The minimum Gasteiger partial charge on any atom is -0.392 e. The third-order valence-corrected chi connectivity index (χ3v) is 2.72. The van der Waals surface area contributed by atoms with Crippen LogP contribution in [0.1, 0.15) is 26.2 Å². The number of unbranched alkanes of at least 4 members (excludes halogenated alkanes) is 1. The van der Waals surface area contributed by atoms with Crippen molar-refractivity contribution in [3.63, 3.8) is 0 Å². The highest BCUT2D eigenvalue weighted by Crippen LogP contribution is 1.98. The van der Waals surface area contributed by atoms with Gasteiger partial charge in [-0.3, -0.25) is 0 Å². The predicted molar refractivity (Wildman–Crippen MR) is 56.1 cm³/mol. The summed E-state index contributed by atoms with van der Waals surface area (Å²) in [4.78, 5) is 0. The van der Waals surface area contributed by atoms with Crippen molar-refractivity contribution in [3.8, 4) is 0 Å². The van der Waals surface area contributed by atoms with Crippen molar-refractivity contribution < 1.29 is 18.3 Å². The van der Waals surface area contributed by atoms with Crippen LogP contribution in [-0.2, 0) is 14.6 Å². The first-order valence-electron chi connectivity index (χ1n) is 4.89.